The van der Waals surface area contributed by atoms with Crippen LogP contribution in [0.25, 0.3) is 0 Å². The zero-order valence-corrected chi connectivity index (χ0v) is 10.2. The van der Waals surface area contributed by atoms with Gasteiger partial charge in [0.1, 0.15) is 5.41 Å². The van der Waals surface area contributed by atoms with Crippen molar-refractivity contribution in [3.63, 3.8) is 0 Å². The first-order valence-electron chi connectivity index (χ1n) is 6.02. The van der Waals surface area contributed by atoms with Crippen LogP contribution in [0.15, 0.2) is 24.3 Å². The smallest absolute Gasteiger partial charge is 0.315 e. The molecule has 2 N–H and O–H groups in total. The number of hydrogen-bond donors (Lipinski definition) is 2. The Labute approximate surface area is 105 Å². The Morgan fingerprint density at radius 2 is 1.83 bits per heavy atom. The van der Waals surface area contributed by atoms with E-state index in [-0.39, 0.29) is 0 Å². The molecular formula is C14H16O4. The third-order valence-corrected chi connectivity index (χ3v) is 3.91. The SMILES string of the molecule is Cc1ccc(C2(C(=O)O)CCCC2C(=O)O)cc1. The molecule has 1 aromatic rings. The lowest BCUT2D eigenvalue weighted by Crippen LogP contribution is -2.42. The molecule has 96 valence electrons. The maximum atomic E-state index is 11.7. The molecule has 0 amide bonds. The van der Waals surface area contributed by atoms with E-state index in [0.717, 1.165) is 5.56 Å². The zero-order valence-electron chi connectivity index (χ0n) is 10.2. The Morgan fingerprint density at radius 1 is 1.22 bits per heavy atom. The largest absolute Gasteiger partial charge is 0.481 e. The van der Waals surface area contributed by atoms with E-state index in [1.807, 2.05) is 19.1 Å². The Bertz CT molecular complexity index is 477. The summed E-state index contributed by atoms with van der Waals surface area (Å²) in [5, 5.41) is 18.8. The first kappa shape index (κ1) is 12.6. The second kappa shape index (κ2) is 4.44. The second-order valence-corrected chi connectivity index (χ2v) is 4.93. The van der Waals surface area contributed by atoms with Gasteiger partial charge in [0.25, 0.3) is 0 Å². The van der Waals surface area contributed by atoms with Crippen molar-refractivity contribution in [2.45, 2.75) is 31.6 Å². The Balaban J connectivity index is 2.53. The van der Waals surface area contributed by atoms with Crippen LogP contribution in [-0.4, -0.2) is 22.2 Å². The lowest BCUT2D eigenvalue weighted by molar-refractivity contribution is -0.154. The minimum absolute atomic E-state index is 0.391. The molecule has 4 nitrogen and oxygen atoms in total. The topological polar surface area (TPSA) is 74.6 Å². The molecule has 2 atom stereocenters. The molecule has 0 radical (unpaired) electrons. The number of carboxylic acids is 2. The standard InChI is InChI=1S/C14H16O4/c1-9-4-6-10(7-5-9)14(13(17)18)8-2-3-11(14)12(15)16/h4-7,11H,2-3,8H2,1H3,(H,15,16)(H,17,18). The Hall–Kier alpha value is -1.84. The van der Waals surface area contributed by atoms with E-state index in [2.05, 4.69) is 0 Å². The van der Waals surface area contributed by atoms with Gasteiger partial charge in [0.2, 0.25) is 0 Å². The number of benzene rings is 1. The second-order valence-electron chi connectivity index (χ2n) is 4.93. The van der Waals surface area contributed by atoms with Crippen LogP contribution in [-0.2, 0) is 15.0 Å². The van der Waals surface area contributed by atoms with Gasteiger partial charge >= 0.3 is 11.9 Å². The minimum atomic E-state index is -1.26. The van der Waals surface area contributed by atoms with Crippen molar-refractivity contribution in [2.24, 2.45) is 5.92 Å². The summed E-state index contributed by atoms with van der Waals surface area (Å²) in [6.07, 6.45) is 1.45. The highest BCUT2D eigenvalue weighted by Crippen LogP contribution is 2.46. The van der Waals surface area contributed by atoms with E-state index in [1.54, 1.807) is 12.1 Å². The molecule has 1 aromatic carbocycles. The monoisotopic (exact) mass is 248 g/mol. The van der Waals surface area contributed by atoms with Gasteiger partial charge in [0.15, 0.2) is 0 Å². The van der Waals surface area contributed by atoms with Gasteiger partial charge in [-0.15, -0.1) is 0 Å². The molecule has 0 aromatic heterocycles. The van der Waals surface area contributed by atoms with Crippen molar-refractivity contribution in [3.05, 3.63) is 35.4 Å². The van der Waals surface area contributed by atoms with Crippen LogP contribution in [0.5, 0.6) is 0 Å². The van der Waals surface area contributed by atoms with E-state index in [9.17, 15) is 19.8 Å². The quantitative estimate of drug-likeness (QED) is 0.860. The van der Waals surface area contributed by atoms with Crippen LogP contribution < -0.4 is 0 Å². The Morgan fingerprint density at radius 3 is 2.33 bits per heavy atom. The lowest BCUT2D eigenvalue weighted by atomic mass is 9.72. The summed E-state index contributed by atoms with van der Waals surface area (Å²) in [6, 6.07) is 7.14. The van der Waals surface area contributed by atoms with E-state index in [0.29, 0.717) is 24.8 Å². The van der Waals surface area contributed by atoms with Gasteiger partial charge in [0.05, 0.1) is 5.92 Å². The van der Waals surface area contributed by atoms with Crippen LogP contribution in [0.3, 0.4) is 0 Å². The molecule has 1 fully saturated rings. The number of carbonyl (C=O) groups is 2. The minimum Gasteiger partial charge on any atom is -0.481 e. The van der Waals surface area contributed by atoms with Crippen molar-refractivity contribution < 1.29 is 19.8 Å². The fourth-order valence-electron chi connectivity index (χ4n) is 2.92. The normalized spacial score (nSPS) is 27.1. The molecule has 1 aliphatic carbocycles. The molecule has 0 aliphatic heterocycles. The average molecular weight is 248 g/mol. The van der Waals surface area contributed by atoms with Gasteiger partial charge in [-0.25, -0.2) is 0 Å². The molecule has 4 heteroatoms. The summed E-state index contributed by atoms with van der Waals surface area (Å²) >= 11 is 0. The van der Waals surface area contributed by atoms with E-state index in [1.165, 1.54) is 0 Å². The first-order valence-corrected chi connectivity index (χ1v) is 6.02. The molecule has 18 heavy (non-hydrogen) atoms. The fourth-order valence-corrected chi connectivity index (χ4v) is 2.92. The highest BCUT2D eigenvalue weighted by molar-refractivity contribution is 5.89. The Kier molecular flexibility index (Phi) is 3.11. The number of aryl methyl sites for hydroxylation is 1. The van der Waals surface area contributed by atoms with Crippen molar-refractivity contribution >= 4 is 11.9 Å². The first-order chi connectivity index (χ1) is 8.48. The summed E-state index contributed by atoms with van der Waals surface area (Å²) in [5.74, 6) is -2.88. The number of carboxylic acid groups (broad SMARTS) is 2. The van der Waals surface area contributed by atoms with Crippen LogP contribution >= 0.6 is 0 Å². The fraction of sp³-hybridized carbons (Fsp3) is 0.429. The van der Waals surface area contributed by atoms with Crippen LogP contribution in [0.2, 0.25) is 0 Å². The van der Waals surface area contributed by atoms with Gasteiger partial charge in [0, 0.05) is 0 Å². The highest BCUT2D eigenvalue weighted by atomic mass is 16.4. The summed E-state index contributed by atoms with van der Waals surface area (Å²) in [7, 11) is 0. The van der Waals surface area contributed by atoms with Crippen molar-refractivity contribution in [3.8, 4) is 0 Å². The average Bonchev–Trinajstić information content (AvgIpc) is 2.75. The van der Waals surface area contributed by atoms with Crippen molar-refractivity contribution in [1.82, 2.24) is 0 Å². The molecule has 0 saturated heterocycles. The van der Waals surface area contributed by atoms with Crippen LogP contribution in [0, 0.1) is 12.8 Å². The molecular weight excluding hydrogens is 232 g/mol. The summed E-state index contributed by atoms with van der Waals surface area (Å²) in [6.45, 7) is 1.92. The van der Waals surface area contributed by atoms with E-state index >= 15 is 0 Å². The maximum absolute atomic E-state index is 11.7. The molecule has 2 unspecified atom stereocenters. The summed E-state index contributed by atoms with van der Waals surface area (Å²) in [5.41, 5.74) is 0.370. The van der Waals surface area contributed by atoms with Crippen LogP contribution in [0.4, 0.5) is 0 Å². The molecule has 0 spiro atoms. The molecule has 1 aliphatic rings. The molecule has 0 bridgehead atoms. The van der Waals surface area contributed by atoms with E-state index in [4.69, 9.17) is 0 Å². The van der Waals surface area contributed by atoms with Crippen LogP contribution in [0.1, 0.15) is 30.4 Å². The maximum Gasteiger partial charge on any atom is 0.315 e. The lowest BCUT2D eigenvalue weighted by Gasteiger charge is -2.29. The molecule has 0 heterocycles. The van der Waals surface area contributed by atoms with Crippen molar-refractivity contribution in [2.75, 3.05) is 0 Å². The third kappa shape index (κ3) is 1.78. The zero-order chi connectivity index (χ0) is 13.3. The highest BCUT2D eigenvalue weighted by Gasteiger charge is 2.53. The van der Waals surface area contributed by atoms with Gasteiger partial charge in [-0.1, -0.05) is 36.2 Å². The molecule has 1 saturated carbocycles. The molecule has 2 rings (SSSR count). The number of hydrogen-bond acceptors (Lipinski definition) is 2. The van der Waals surface area contributed by atoms with E-state index < -0.39 is 23.3 Å². The predicted molar refractivity (Wildman–Crippen MR) is 65.5 cm³/mol. The number of rotatable bonds is 3. The van der Waals surface area contributed by atoms with Gasteiger partial charge in [-0.3, -0.25) is 9.59 Å². The third-order valence-electron chi connectivity index (χ3n) is 3.91. The summed E-state index contributed by atoms with van der Waals surface area (Å²) < 4.78 is 0. The van der Waals surface area contributed by atoms with Gasteiger partial charge in [-0.2, -0.15) is 0 Å². The summed E-state index contributed by atoms with van der Waals surface area (Å²) in [4.78, 5) is 23.0. The van der Waals surface area contributed by atoms with Gasteiger partial charge < -0.3 is 10.2 Å². The predicted octanol–water partition coefficient (Wildman–Crippen LogP) is 2.20. The van der Waals surface area contributed by atoms with Crippen molar-refractivity contribution in [1.29, 1.82) is 0 Å². The number of aliphatic carboxylic acids is 2. The van der Waals surface area contributed by atoms with Gasteiger partial charge in [-0.05, 0) is 25.3 Å².